The molecule has 1 aromatic heterocycles. The number of hydrogen-bond acceptors (Lipinski definition) is 4. The van der Waals surface area contributed by atoms with Crippen LogP contribution in [0.3, 0.4) is 0 Å². The van der Waals surface area contributed by atoms with Crippen LogP contribution in [0.4, 0.5) is 4.39 Å². The zero-order valence-corrected chi connectivity index (χ0v) is 17.2. The molecule has 2 aliphatic heterocycles. The van der Waals surface area contributed by atoms with Crippen LogP contribution in [0.15, 0.2) is 48.7 Å². The van der Waals surface area contributed by atoms with E-state index in [-0.39, 0.29) is 17.8 Å². The summed E-state index contributed by atoms with van der Waals surface area (Å²) in [6.07, 6.45) is 2.13. The topological polar surface area (TPSA) is 54.5 Å². The predicted octanol–water partition coefficient (Wildman–Crippen LogP) is 4.03. The Kier molecular flexibility index (Phi) is 4.83. The number of benzene rings is 2. The molecule has 2 fully saturated rings. The van der Waals surface area contributed by atoms with Crippen LogP contribution in [-0.2, 0) is 4.79 Å². The van der Waals surface area contributed by atoms with Crippen LogP contribution in [0, 0.1) is 5.82 Å². The Morgan fingerprint density at radius 3 is 2.87 bits per heavy atom. The maximum absolute atomic E-state index is 13.4. The minimum absolute atomic E-state index is 0.0175. The van der Waals surface area contributed by atoms with E-state index in [0.717, 1.165) is 41.5 Å². The van der Waals surface area contributed by atoms with Crippen molar-refractivity contribution in [3.63, 3.8) is 0 Å². The van der Waals surface area contributed by atoms with Gasteiger partial charge in [0.1, 0.15) is 11.6 Å². The third-order valence-corrected chi connectivity index (χ3v) is 6.25. The molecule has 7 heteroatoms. The molecule has 2 unspecified atom stereocenters. The molecule has 0 radical (unpaired) electrons. The number of fused-ring (bicyclic) bond motifs is 3. The summed E-state index contributed by atoms with van der Waals surface area (Å²) < 4.78 is 19.4. The molecule has 3 heterocycles. The number of rotatable bonds is 4. The van der Waals surface area contributed by atoms with E-state index >= 15 is 0 Å². The van der Waals surface area contributed by atoms with Crippen molar-refractivity contribution in [3.8, 4) is 16.9 Å². The average molecular weight is 426 g/mol. The second-order valence-electron chi connectivity index (χ2n) is 7.91. The molecular weight excluding hydrogens is 405 g/mol. The molecule has 5 rings (SSSR count). The molecule has 1 amide bonds. The number of pyridine rings is 1. The summed E-state index contributed by atoms with van der Waals surface area (Å²) in [5, 5.41) is 4.62. The van der Waals surface area contributed by atoms with Gasteiger partial charge in [-0.15, -0.1) is 0 Å². The molecule has 3 atom stereocenters. The van der Waals surface area contributed by atoms with Crippen molar-refractivity contribution in [2.24, 2.45) is 0 Å². The van der Waals surface area contributed by atoms with E-state index in [1.807, 2.05) is 29.2 Å². The van der Waals surface area contributed by atoms with Crippen molar-refractivity contribution in [1.82, 2.24) is 15.2 Å². The van der Waals surface area contributed by atoms with Crippen molar-refractivity contribution in [2.75, 3.05) is 13.1 Å². The highest BCUT2D eigenvalue weighted by atomic mass is 35.5. The number of carbonyl (C=O) groups is 1. The van der Waals surface area contributed by atoms with Gasteiger partial charge in [0.05, 0.1) is 10.5 Å². The third kappa shape index (κ3) is 3.40. The second-order valence-corrected chi connectivity index (χ2v) is 8.31. The number of nitrogens with zero attached hydrogens (tertiary/aromatic N) is 2. The fourth-order valence-electron chi connectivity index (χ4n) is 4.46. The first-order chi connectivity index (χ1) is 14.5. The van der Waals surface area contributed by atoms with Gasteiger partial charge in [-0.3, -0.25) is 9.78 Å². The lowest BCUT2D eigenvalue weighted by atomic mass is 10.0. The van der Waals surface area contributed by atoms with E-state index in [1.54, 1.807) is 19.2 Å². The first-order valence-electron chi connectivity index (χ1n) is 10.0. The van der Waals surface area contributed by atoms with Crippen molar-refractivity contribution in [3.05, 3.63) is 59.5 Å². The maximum atomic E-state index is 13.4. The SMILES string of the molecule is CC(Oc1ccc2c(-c3ccc(F)cc3Cl)ccnc2c1)C(=O)N1CC2C[C@@H]1CN2. The number of carbonyl (C=O) groups excluding carboxylic acids is 1. The molecule has 5 nitrogen and oxygen atoms in total. The molecular formula is C23H21ClFN3O2. The highest BCUT2D eigenvalue weighted by Gasteiger charge is 2.41. The Balaban J connectivity index is 1.39. The number of nitrogens with one attached hydrogen (secondary N) is 1. The Bertz CT molecular complexity index is 1140. The average Bonchev–Trinajstić information content (AvgIpc) is 3.36. The molecule has 3 aromatic rings. The van der Waals surface area contributed by atoms with Crippen LogP contribution in [0.25, 0.3) is 22.0 Å². The number of ether oxygens (including phenoxy) is 1. The highest BCUT2D eigenvalue weighted by Crippen LogP contribution is 2.34. The Labute approximate surface area is 178 Å². The van der Waals surface area contributed by atoms with Gasteiger partial charge < -0.3 is 15.0 Å². The van der Waals surface area contributed by atoms with Crippen LogP contribution in [0.5, 0.6) is 5.75 Å². The standard InChI is InChI=1S/C23H21ClFN3O2/c1-13(23(29)28-12-15-9-16(28)11-27-15)30-17-3-5-20-18(6-7-26-22(20)10-17)19-4-2-14(25)8-21(19)24/h2-8,10,13,15-16,27H,9,11-12H2,1H3/t13?,15?,16-/m1/s1. The zero-order valence-electron chi connectivity index (χ0n) is 16.4. The van der Waals surface area contributed by atoms with E-state index in [4.69, 9.17) is 16.3 Å². The maximum Gasteiger partial charge on any atom is 0.263 e. The molecule has 1 N–H and O–H groups in total. The molecule has 2 aromatic carbocycles. The Hall–Kier alpha value is -2.70. The fourth-order valence-corrected chi connectivity index (χ4v) is 4.73. The summed E-state index contributed by atoms with van der Waals surface area (Å²) in [6.45, 7) is 3.39. The summed E-state index contributed by atoms with van der Waals surface area (Å²) in [5.41, 5.74) is 2.32. The first-order valence-corrected chi connectivity index (χ1v) is 10.4. The van der Waals surface area contributed by atoms with Crippen molar-refractivity contribution >= 4 is 28.4 Å². The minimum atomic E-state index is -0.573. The lowest BCUT2D eigenvalue weighted by Gasteiger charge is -2.30. The minimum Gasteiger partial charge on any atom is -0.481 e. The van der Waals surface area contributed by atoms with Gasteiger partial charge >= 0.3 is 0 Å². The van der Waals surface area contributed by atoms with Crippen LogP contribution >= 0.6 is 11.6 Å². The van der Waals surface area contributed by atoms with Gasteiger partial charge in [-0.2, -0.15) is 0 Å². The van der Waals surface area contributed by atoms with Crippen molar-refractivity contribution < 1.29 is 13.9 Å². The van der Waals surface area contributed by atoms with Gasteiger partial charge in [-0.05, 0) is 55.3 Å². The quantitative estimate of drug-likeness (QED) is 0.685. The molecule has 0 saturated carbocycles. The van der Waals surface area contributed by atoms with Crippen LogP contribution in [-0.4, -0.2) is 47.1 Å². The summed E-state index contributed by atoms with van der Waals surface area (Å²) >= 11 is 6.26. The Morgan fingerprint density at radius 1 is 1.27 bits per heavy atom. The monoisotopic (exact) mass is 425 g/mol. The molecule has 2 aliphatic rings. The fraction of sp³-hybridized carbons (Fsp3) is 0.304. The Morgan fingerprint density at radius 2 is 2.13 bits per heavy atom. The summed E-state index contributed by atoms with van der Waals surface area (Å²) in [6, 6.07) is 12.4. The van der Waals surface area contributed by atoms with E-state index in [1.165, 1.54) is 12.1 Å². The summed E-state index contributed by atoms with van der Waals surface area (Å²) in [4.78, 5) is 19.2. The second kappa shape index (κ2) is 7.52. The van der Waals surface area contributed by atoms with Gasteiger partial charge in [-0.25, -0.2) is 4.39 Å². The molecule has 2 saturated heterocycles. The molecule has 2 bridgehead atoms. The number of amides is 1. The van der Waals surface area contributed by atoms with Crippen molar-refractivity contribution in [1.29, 1.82) is 0 Å². The number of likely N-dealkylation sites (tertiary alicyclic amines) is 1. The predicted molar refractivity (Wildman–Crippen MR) is 114 cm³/mol. The summed E-state index contributed by atoms with van der Waals surface area (Å²) in [7, 11) is 0. The number of hydrogen-bond donors (Lipinski definition) is 1. The van der Waals surface area contributed by atoms with E-state index in [9.17, 15) is 9.18 Å². The third-order valence-electron chi connectivity index (χ3n) is 5.94. The molecule has 0 aliphatic carbocycles. The van der Waals surface area contributed by atoms with Crippen LogP contribution in [0.2, 0.25) is 5.02 Å². The molecule has 0 spiro atoms. The number of aromatic nitrogens is 1. The lowest BCUT2D eigenvalue weighted by Crippen LogP contribution is -2.50. The van der Waals surface area contributed by atoms with Crippen LogP contribution < -0.4 is 10.1 Å². The smallest absolute Gasteiger partial charge is 0.263 e. The zero-order chi connectivity index (χ0) is 20.8. The lowest BCUT2D eigenvalue weighted by molar-refractivity contribution is -0.139. The van der Waals surface area contributed by atoms with E-state index in [2.05, 4.69) is 10.3 Å². The van der Waals surface area contributed by atoms with Gasteiger partial charge in [0.25, 0.3) is 5.91 Å². The summed E-state index contributed by atoms with van der Waals surface area (Å²) in [5.74, 6) is 0.225. The van der Waals surface area contributed by atoms with Gasteiger partial charge in [-0.1, -0.05) is 11.6 Å². The van der Waals surface area contributed by atoms with Gasteiger partial charge in [0.15, 0.2) is 6.10 Å². The van der Waals surface area contributed by atoms with Gasteiger partial charge in [0, 0.05) is 48.4 Å². The molecule has 30 heavy (non-hydrogen) atoms. The number of halogens is 2. The molecule has 154 valence electrons. The van der Waals surface area contributed by atoms with Crippen LogP contribution in [0.1, 0.15) is 13.3 Å². The van der Waals surface area contributed by atoms with E-state index in [0.29, 0.717) is 16.8 Å². The first kappa shape index (κ1) is 19.3. The highest BCUT2D eigenvalue weighted by molar-refractivity contribution is 6.33. The van der Waals surface area contributed by atoms with Gasteiger partial charge in [0.2, 0.25) is 0 Å². The van der Waals surface area contributed by atoms with E-state index < -0.39 is 6.10 Å². The van der Waals surface area contributed by atoms with Crippen molar-refractivity contribution in [2.45, 2.75) is 31.5 Å². The normalized spacial score (nSPS) is 21.2. The number of piperazine rings is 1. The largest absolute Gasteiger partial charge is 0.481 e.